The largest absolute Gasteiger partial charge is 0.463 e. The van der Waals surface area contributed by atoms with Crippen LogP contribution in [0, 0.1) is 0 Å². The van der Waals surface area contributed by atoms with Crippen molar-refractivity contribution in [2.75, 3.05) is 45.9 Å². The van der Waals surface area contributed by atoms with Crippen molar-refractivity contribution in [1.82, 2.24) is 25.3 Å². The van der Waals surface area contributed by atoms with E-state index in [9.17, 15) is 14.4 Å². The van der Waals surface area contributed by atoms with E-state index in [1.165, 1.54) is 5.56 Å². The summed E-state index contributed by atoms with van der Waals surface area (Å²) in [4.78, 5) is 44.6. The first kappa shape index (κ1) is 28.5. The lowest BCUT2D eigenvalue weighted by Crippen LogP contribution is -2.55. The van der Waals surface area contributed by atoms with Crippen molar-refractivity contribution in [3.63, 3.8) is 0 Å². The van der Waals surface area contributed by atoms with Gasteiger partial charge in [-0.3, -0.25) is 9.80 Å². The van der Waals surface area contributed by atoms with Crippen molar-refractivity contribution in [3.8, 4) is 0 Å². The van der Waals surface area contributed by atoms with Crippen LogP contribution < -0.4 is 10.6 Å². The quantitative estimate of drug-likeness (QED) is 0.543. The number of likely N-dealkylation sites (N-methyl/N-ethyl adjacent to an activating group) is 1. The number of nitrogens with zero attached hydrogens (tertiary/aromatic N) is 3. The van der Waals surface area contributed by atoms with Gasteiger partial charge < -0.3 is 20.3 Å². The van der Waals surface area contributed by atoms with E-state index in [0.717, 1.165) is 5.56 Å². The number of nitrogens with one attached hydrogen (secondary N) is 2. The molecule has 0 unspecified atom stereocenters. The van der Waals surface area contributed by atoms with Gasteiger partial charge >= 0.3 is 18.0 Å². The van der Waals surface area contributed by atoms with E-state index in [1.54, 1.807) is 11.8 Å². The molecule has 1 atom stereocenters. The molecule has 204 valence electrons. The van der Waals surface area contributed by atoms with Crippen molar-refractivity contribution < 1.29 is 19.1 Å². The molecule has 2 aliphatic rings. The van der Waals surface area contributed by atoms with Crippen molar-refractivity contribution >= 4 is 18.0 Å². The maximum Gasteiger partial charge on any atom is 0.338 e. The number of esters is 1. The van der Waals surface area contributed by atoms with Crippen LogP contribution in [0.2, 0.25) is 0 Å². The van der Waals surface area contributed by atoms with E-state index >= 15 is 0 Å². The fourth-order valence-electron chi connectivity index (χ4n) is 4.74. The van der Waals surface area contributed by atoms with Crippen LogP contribution in [-0.2, 0) is 14.9 Å². The normalized spacial score (nSPS) is 19.2. The summed E-state index contributed by atoms with van der Waals surface area (Å²) in [5.74, 6) is -0.421. The third kappa shape index (κ3) is 6.83. The number of benzene rings is 1. The van der Waals surface area contributed by atoms with Crippen LogP contribution in [0.25, 0.3) is 0 Å². The lowest BCUT2D eigenvalue weighted by Gasteiger charge is -2.40. The molecule has 2 aliphatic heterocycles. The lowest BCUT2D eigenvalue weighted by atomic mass is 9.85. The van der Waals surface area contributed by atoms with Gasteiger partial charge in [-0.15, -0.1) is 0 Å². The monoisotopic (exact) mass is 513 g/mol. The summed E-state index contributed by atoms with van der Waals surface area (Å²) in [6, 6.07) is 7.26. The number of rotatable bonds is 7. The van der Waals surface area contributed by atoms with E-state index in [-0.39, 0.29) is 30.1 Å². The van der Waals surface area contributed by atoms with E-state index in [0.29, 0.717) is 50.5 Å². The highest BCUT2D eigenvalue weighted by Gasteiger charge is 2.38. The fourth-order valence-corrected chi connectivity index (χ4v) is 4.74. The molecule has 0 radical (unpaired) electrons. The molecule has 4 amide bonds. The fraction of sp³-hybridized carbons (Fsp3) is 0.607. The Labute approximate surface area is 221 Å². The van der Waals surface area contributed by atoms with Gasteiger partial charge in [-0.05, 0) is 44.2 Å². The average Bonchev–Trinajstić information content (AvgIpc) is 2.83. The second kappa shape index (κ2) is 12.0. The first-order valence-corrected chi connectivity index (χ1v) is 13.3. The number of amides is 4. The van der Waals surface area contributed by atoms with Crippen LogP contribution in [0.3, 0.4) is 0 Å². The van der Waals surface area contributed by atoms with Gasteiger partial charge in [-0.2, -0.15) is 0 Å². The minimum Gasteiger partial charge on any atom is -0.463 e. The molecule has 0 spiro atoms. The van der Waals surface area contributed by atoms with Gasteiger partial charge in [-0.1, -0.05) is 45.0 Å². The maximum absolute atomic E-state index is 13.3. The highest BCUT2D eigenvalue weighted by atomic mass is 16.5. The topological polar surface area (TPSA) is 94.2 Å². The predicted molar refractivity (Wildman–Crippen MR) is 144 cm³/mol. The Hall–Kier alpha value is -3.07. The second-order valence-electron chi connectivity index (χ2n) is 10.9. The third-order valence-electron chi connectivity index (χ3n) is 6.81. The van der Waals surface area contributed by atoms with Gasteiger partial charge in [0.2, 0.25) is 0 Å². The molecule has 9 nitrogen and oxygen atoms in total. The zero-order valence-corrected chi connectivity index (χ0v) is 23.4. The summed E-state index contributed by atoms with van der Waals surface area (Å²) < 4.78 is 5.49. The van der Waals surface area contributed by atoms with E-state index in [4.69, 9.17) is 4.74 Å². The molecule has 2 N–H and O–H groups in total. The number of hydrogen-bond donors (Lipinski definition) is 2. The molecule has 1 aromatic rings. The van der Waals surface area contributed by atoms with Crippen molar-refractivity contribution in [2.24, 2.45) is 0 Å². The first-order valence-electron chi connectivity index (χ1n) is 13.3. The molecule has 9 heteroatoms. The Balaban J connectivity index is 1.93. The number of ether oxygens (including phenoxy) is 1. The van der Waals surface area contributed by atoms with Crippen LogP contribution in [0.1, 0.15) is 65.6 Å². The van der Waals surface area contributed by atoms with E-state index < -0.39 is 12.0 Å². The van der Waals surface area contributed by atoms with Gasteiger partial charge in [0, 0.05) is 51.0 Å². The predicted octanol–water partition coefficient (Wildman–Crippen LogP) is 3.62. The SMILES string of the molecule is CCOC(=O)C1=C(CN2CCN(C(=O)NC(C)C)CC2)N(CC)C(=O)N[C@H]1c1ccc(C(C)(C)C)cc1. The Kier molecular flexibility index (Phi) is 9.23. The number of piperazine rings is 1. The Morgan fingerprint density at radius 2 is 1.70 bits per heavy atom. The van der Waals surface area contributed by atoms with Crippen LogP contribution >= 0.6 is 0 Å². The maximum atomic E-state index is 13.3. The molecule has 1 fully saturated rings. The van der Waals surface area contributed by atoms with Crippen LogP contribution in [0.5, 0.6) is 0 Å². The number of urea groups is 2. The second-order valence-corrected chi connectivity index (χ2v) is 10.9. The van der Waals surface area contributed by atoms with Gasteiger partial charge in [0.05, 0.1) is 18.2 Å². The lowest BCUT2D eigenvalue weighted by molar-refractivity contribution is -0.139. The molecule has 1 aromatic carbocycles. The van der Waals surface area contributed by atoms with Crippen molar-refractivity contribution in [2.45, 2.75) is 66.0 Å². The van der Waals surface area contributed by atoms with Gasteiger partial charge in [0.1, 0.15) is 0 Å². The molecule has 0 saturated carbocycles. The van der Waals surface area contributed by atoms with Gasteiger partial charge in [0.25, 0.3) is 0 Å². The summed E-state index contributed by atoms with van der Waals surface area (Å²) in [7, 11) is 0. The minimum atomic E-state index is -0.600. The van der Waals surface area contributed by atoms with Crippen molar-refractivity contribution in [3.05, 3.63) is 46.7 Å². The summed E-state index contributed by atoms with van der Waals surface area (Å²) in [6.45, 7) is 17.6. The summed E-state index contributed by atoms with van der Waals surface area (Å²) >= 11 is 0. The summed E-state index contributed by atoms with van der Waals surface area (Å²) in [6.07, 6.45) is 0. The molecule has 0 aromatic heterocycles. The zero-order chi connectivity index (χ0) is 27.3. The van der Waals surface area contributed by atoms with E-state index in [2.05, 4.69) is 48.4 Å². The highest BCUT2D eigenvalue weighted by Crippen LogP contribution is 2.33. The molecule has 37 heavy (non-hydrogen) atoms. The van der Waals surface area contributed by atoms with E-state index in [1.807, 2.05) is 37.8 Å². The smallest absolute Gasteiger partial charge is 0.338 e. The molecule has 2 heterocycles. The summed E-state index contributed by atoms with van der Waals surface area (Å²) in [5.41, 5.74) is 3.14. The molecule has 0 bridgehead atoms. The third-order valence-corrected chi connectivity index (χ3v) is 6.81. The van der Waals surface area contributed by atoms with Crippen molar-refractivity contribution in [1.29, 1.82) is 0 Å². The molecular weight excluding hydrogens is 470 g/mol. The summed E-state index contributed by atoms with van der Waals surface area (Å²) in [5, 5.41) is 5.98. The minimum absolute atomic E-state index is 0.00740. The zero-order valence-electron chi connectivity index (χ0n) is 23.4. The number of hydrogen-bond acceptors (Lipinski definition) is 5. The molecule has 0 aliphatic carbocycles. The Bertz CT molecular complexity index is 1000. The number of carbonyl (C=O) groups is 3. The number of carbonyl (C=O) groups excluding carboxylic acids is 3. The van der Waals surface area contributed by atoms with Crippen LogP contribution in [-0.4, -0.2) is 84.6 Å². The van der Waals surface area contributed by atoms with Crippen LogP contribution in [0.4, 0.5) is 9.59 Å². The molecular formula is C28H43N5O4. The first-order chi connectivity index (χ1) is 17.5. The standard InChI is InChI=1S/C28H43N5O4/c1-8-33-22(18-31-14-16-32(17-15-31)26(35)29-19(3)4)23(25(34)37-9-2)24(30-27(33)36)20-10-12-21(13-11-20)28(5,6)7/h10-13,19,24H,8-9,14-18H2,1-7H3,(H,29,35)(H,30,36)/t24-/m0/s1. The highest BCUT2D eigenvalue weighted by molar-refractivity contribution is 5.95. The van der Waals surface area contributed by atoms with Gasteiger partial charge in [-0.25, -0.2) is 14.4 Å². The Morgan fingerprint density at radius 3 is 2.22 bits per heavy atom. The molecule has 3 rings (SSSR count). The average molecular weight is 514 g/mol. The molecule has 1 saturated heterocycles. The van der Waals surface area contributed by atoms with Gasteiger partial charge in [0.15, 0.2) is 0 Å². The Morgan fingerprint density at radius 1 is 1.08 bits per heavy atom. The van der Waals surface area contributed by atoms with Crippen LogP contribution in [0.15, 0.2) is 35.5 Å².